The van der Waals surface area contributed by atoms with Gasteiger partial charge in [0.25, 0.3) is 0 Å². The van der Waals surface area contributed by atoms with Gasteiger partial charge in [-0.15, -0.1) is 0 Å². The zero-order chi connectivity index (χ0) is 21.2. The van der Waals surface area contributed by atoms with Crippen LogP contribution in [0.4, 0.5) is 0 Å². The molecule has 158 valence electrons. The molecular weight excluding hydrogens is 378 g/mol. The minimum absolute atomic E-state index is 0.139. The van der Waals surface area contributed by atoms with Crippen molar-refractivity contribution in [2.45, 2.75) is 32.2 Å². The molecule has 6 nitrogen and oxygen atoms in total. The van der Waals surface area contributed by atoms with Gasteiger partial charge in [-0.05, 0) is 49.6 Å². The minimum atomic E-state index is -0.139. The van der Waals surface area contributed by atoms with Crippen LogP contribution in [0.1, 0.15) is 25.1 Å². The summed E-state index contributed by atoms with van der Waals surface area (Å²) in [5, 5.41) is 2.82. The number of hydrogen-bond donors (Lipinski definition) is 1. The van der Waals surface area contributed by atoms with Crippen LogP contribution in [0.15, 0.2) is 61.2 Å². The second kappa shape index (κ2) is 11.0. The van der Waals surface area contributed by atoms with Crippen molar-refractivity contribution in [2.24, 2.45) is 0 Å². The number of benzene rings is 2. The van der Waals surface area contributed by atoms with Crippen LogP contribution in [0.5, 0.6) is 11.5 Å². The molecule has 0 atom stereocenters. The minimum Gasteiger partial charge on any atom is -0.497 e. The molecule has 0 saturated carbocycles. The Bertz CT molecular complexity index is 981. The summed E-state index contributed by atoms with van der Waals surface area (Å²) < 4.78 is 13.4. The van der Waals surface area contributed by atoms with E-state index in [1.807, 2.05) is 42.5 Å². The van der Waals surface area contributed by atoms with E-state index in [1.54, 1.807) is 7.11 Å². The molecule has 0 aliphatic carbocycles. The average molecular weight is 408 g/mol. The number of rotatable bonds is 12. The van der Waals surface area contributed by atoms with Crippen LogP contribution in [0.25, 0.3) is 11.0 Å². The van der Waals surface area contributed by atoms with Crippen LogP contribution in [0.3, 0.4) is 0 Å². The van der Waals surface area contributed by atoms with E-state index in [-0.39, 0.29) is 5.91 Å². The normalized spacial score (nSPS) is 10.7. The van der Waals surface area contributed by atoms with Crippen LogP contribution in [-0.4, -0.2) is 35.7 Å². The van der Waals surface area contributed by atoms with Gasteiger partial charge in [-0.2, -0.15) is 0 Å². The third kappa shape index (κ3) is 5.86. The predicted molar refractivity (Wildman–Crippen MR) is 119 cm³/mol. The fraction of sp³-hybridized carbons (Fsp3) is 0.333. The number of unbranched alkanes of at least 4 members (excludes halogenated alkanes) is 1. The van der Waals surface area contributed by atoms with Crippen molar-refractivity contribution >= 4 is 16.9 Å². The smallest absolute Gasteiger partial charge is 0.243 e. The van der Waals surface area contributed by atoms with Crippen LogP contribution < -0.4 is 14.8 Å². The largest absolute Gasteiger partial charge is 0.497 e. The lowest BCUT2D eigenvalue weighted by Crippen LogP contribution is -2.22. The molecule has 0 bridgehead atoms. The second-order valence-corrected chi connectivity index (χ2v) is 7.00. The number of ether oxygens (including phenoxy) is 2. The fourth-order valence-electron chi connectivity index (χ4n) is 3.35. The van der Waals surface area contributed by atoms with Gasteiger partial charge < -0.3 is 19.4 Å². The monoisotopic (exact) mass is 407 g/mol. The van der Waals surface area contributed by atoms with E-state index in [1.165, 1.54) is 6.08 Å². The highest BCUT2D eigenvalue weighted by atomic mass is 16.5. The number of aryl methyl sites for hydroxylation is 2. The molecule has 30 heavy (non-hydrogen) atoms. The molecule has 0 aliphatic heterocycles. The van der Waals surface area contributed by atoms with E-state index in [0.29, 0.717) is 13.2 Å². The van der Waals surface area contributed by atoms with E-state index in [4.69, 9.17) is 14.5 Å². The van der Waals surface area contributed by atoms with Gasteiger partial charge in [0.05, 0.1) is 24.8 Å². The quantitative estimate of drug-likeness (QED) is 0.362. The van der Waals surface area contributed by atoms with Crippen LogP contribution in [0, 0.1) is 0 Å². The maximum absolute atomic E-state index is 11.3. The number of aromatic nitrogens is 2. The Morgan fingerprint density at radius 3 is 2.80 bits per heavy atom. The molecule has 0 aliphatic rings. The number of nitrogens with zero attached hydrogens (tertiary/aromatic N) is 2. The third-order valence-electron chi connectivity index (χ3n) is 4.88. The number of imidazole rings is 1. The molecule has 1 heterocycles. The van der Waals surface area contributed by atoms with Crippen molar-refractivity contribution in [3.63, 3.8) is 0 Å². The molecule has 0 unspecified atom stereocenters. The van der Waals surface area contributed by atoms with E-state index >= 15 is 0 Å². The Hall–Kier alpha value is -3.28. The first-order chi connectivity index (χ1) is 14.7. The lowest BCUT2D eigenvalue weighted by Gasteiger charge is -2.11. The first-order valence-corrected chi connectivity index (χ1v) is 10.3. The first-order valence-electron chi connectivity index (χ1n) is 10.3. The molecule has 0 radical (unpaired) electrons. The lowest BCUT2D eigenvalue weighted by molar-refractivity contribution is -0.116. The number of amides is 1. The van der Waals surface area contributed by atoms with Crippen molar-refractivity contribution in [2.75, 3.05) is 20.3 Å². The van der Waals surface area contributed by atoms with Crippen LogP contribution in [0.2, 0.25) is 0 Å². The highest BCUT2D eigenvalue weighted by molar-refractivity contribution is 5.86. The Labute approximate surface area is 177 Å². The van der Waals surface area contributed by atoms with E-state index in [0.717, 1.165) is 60.6 Å². The Balaban J connectivity index is 1.53. The summed E-state index contributed by atoms with van der Waals surface area (Å²) in [7, 11) is 1.65. The summed E-state index contributed by atoms with van der Waals surface area (Å²) in [5.41, 5.74) is 2.16. The molecule has 1 amide bonds. The molecule has 0 fully saturated rings. The summed E-state index contributed by atoms with van der Waals surface area (Å²) in [6.07, 6.45) is 4.88. The van der Waals surface area contributed by atoms with Crippen LogP contribution >= 0.6 is 0 Å². The van der Waals surface area contributed by atoms with Crippen molar-refractivity contribution in [1.29, 1.82) is 0 Å². The van der Waals surface area contributed by atoms with Crippen molar-refractivity contribution in [3.05, 3.63) is 67.0 Å². The highest BCUT2D eigenvalue weighted by Gasteiger charge is 2.10. The molecule has 2 aromatic carbocycles. The fourth-order valence-corrected chi connectivity index (χ4v) is 3.35. The number of fused-ring (bicyclic) bond motifs is 1. The summed E-state index contributed by atoms with van der Waals surface area (Å²) in [4.78, 5) is 16.1. The maximum Gasteiger partial charge on any atom is 0.243 e. The number of para-hydroxylation sites is 2. The average Bonchev–Trinajstić information content (AvgIpc) is 3.13. The zero-order valence-electron chi connectivity index (χ0n) is 17.5. The highest BCUT2D eigenvalue weighted by Crippen LogP contribution is 2.20. The predicted octanol–water partition coefficient (Wildman–Crippen LogP) is 4.14. The van der Waals surface area contributed by atoms with Gasteiger partial charge in [-0.3, -0.25) is 4.79 Å². The van der Waals surface area contributed by atoms with Gasteiger partial charge in [0, 0.05) is 25.6 Å². The lowest BCUT2D eigenvalue weighted by atomic mass is 10.2. The van der Waals surface area contributed by atoms with Gasteiger partial charge in [-0.25, -0.2) is 4.98 Å². The second-order valence-electron chi connectivity index (χ2n) is 7.00. The van der Waals surface area contributed by atoms with Crippen molar-refractivity contribution < 1.29 is 14.3 Å². The molecule has 3 aromatic rings. The SMILES string of the molecule is C=CC(=O)NCCCc1nc2ccccc2n1CCCCOc1cccc(OC)c1. The number of nitrogens with one attached hydrogen (secondary N) is 1. The molecule has 0 spiro atoms. The Morgan fingerprint density at radius 1 is 1.13 bits per heavy atom. The number of hydrogen-bond acceptors (Lipinski definition) is 4. The summed E-state index contributed by atoms with van der Waals surface area (Å²) in [5.74, 6) is 2.54. The standard InChI is InChI=1S/C24H29N3O3/c1-3-24(28)25-15-9-14-23-26-21-12-4-5-13-22(21)27(23)16-6-7-17-30-20-11-8-10-19(18-20)29-2/h3-5,8,10-13,18H,1,6-7,9,14-17H2,2H3,(H,25,28). The van der Waals surface area contributed by atoms with Gasteiger partial charge in [0.1, 0.15) is 17.3 Å². The molecular formula is C24H29N3O3. The number of carbonyl (C=O) groups is 1. The Morgan fingerprint density at radius 2 is 1.97 bits per heavy atom. The molecule has 1 N–H and O–H groups in total. The van der Waals surface area contributed by atoms with E-state index in [9.17, 15) is 4.79 Å². The van der Waals surface area contributed by atoms with Gasteiger partial charge >= 0.3 is 0 Å². The molecule has 6 heteroatoms. The topological polar surface area (TPSA) is 65.4 Å². The maximum atomic E-state index is 11.3. The molecule has 0 saturated heterocycles. The summed E-state index contributed by atoms with van der Waals surface area (Å²) in [6.45, 7) is 5.63. The van der Waals surface area contributed by atoms with Crippen molar-refractivity contribution in [3.8, 4) is 11.5 Å². The van der Waals surface area contributed by atoms with E-state index in [2.05, 4.69) is 22.5 Å². The van der Waals surface area contributed by atoms with Crippen LogP contribution in [-0.2, 0) is 17.8 Å². The van der Waals surface area contributed by atoms with E-state index < -0.39 is 0 Å². The Kier molecular flexibility index (Phi) is 7.89. The van der Waals surface area contributed by atoms with Gasteiger partial charge in [0.2, 0.25) is 5.91 Å². The molecule has 3 rings (SSSR count). The van der Waals surface area contributed by atoms with Gasteiger partial charge in [-0.1, -0.05) is 24.8 Å². The third-order valence-corrected chi connectivity index (χ3v) is 4.88. The summed E-state index contributed by atoms with van der Waals surface area (Å²) in [6, 6.07) is 15.9. The number of carbonyl (C=O) groups excluding carboxylic acids is 1. The zero-order valence-corrected chi connectivity index (χ0v) is 17.5. The van der Waals surface area contributed by atoms with Crippen molar-refractivity contribution in [1.82, 2.24) is 14.9 Å². The first kappa shape index (κ1) is 21.4. The summed E-state index contributed by atoms with van der Waals surface area (Å²) >= 11 is 0. The van der Waals surface area contributed by atoms with Gasteiger partial charge in [0.15, 0.2) is 0 Å². The number of methoxy groups -OCH3 is 1. The molecule has 1 aromatic heterocycles.